The summed E-state index contributed by atoms with van der Waals surface area (Å²) >= 11 is 0. The van der Waals surface area contributed by atoms with Gasteiger partial charge in [-0.05, 0) is 24.5 Å². The lowest BCUT2D eigenvalue weighted by Crippen LogP contribution is -2.55. The zero-order chi connectivity index (χ0) is 14.8. The topological polar surface area (TPSA) is 52.7 Å². The maximum atomic E-state index is 12.6. The van der Waals surface area contributed by atoms with Gasteiger partial charge in [0.1, 0.15) is 0 Å². The second kappa shape index (κ2) is 5.85. The van der Waals surface area contributed by atoms with E-state index in [4.69, 9.17) is 0 Å². The molecule has 2 heterocycles. The lowest BCUT2D eigenvalue weighted by molar-refractivity contribution is -0.136. The normalized spacial score (nSPS) is 22.1. The van der Waals surface area contributed by atoms with Gasteiger partial charge in [-0.3, -0.25) is 9.59 Å². The first-order valence-electron chi connectivity index (χ1n) is 7.53. The zero-order valence-electron chi connectivity index (χ0n) is 12.3. The fraction of sp³-hybridized carbons (Fsp3) is 0.500. The summed E-state index contributed by atoms with van der Waals surface area (Å²) in [4.78, 5) is 28.2. The molecular weight excluding hydrogens is 266 g/mol. The zero-order valence-corrected chi connectivity index (χ0v) is 12.3. The van der Waals surface area contributed by atoms with Crippen molar-refractivity contribution >= 4 is 17.5 Å². The summed E-state index contributed by atoms with van der Waals surface area (Å²) in [5.41, 5.74) is 2.22. The third-order valence-electron chi connectivity index (χ3n) is 4.30. The number of para-hydroxylation sites is 1. The Labute approximate surface area is 124 Å². The van der Waals surface area contributed by atoms with Gasteiger partial charge in [0.2, 0.25) is 11.8 Å². The minimum absolute atomic E-state index is 0.0138. The van der Waals surface area contributed by atoms with E-state index < -0.39 is 0 Å². The maximum Gasteiger partial charge on any atom is 0.240 e. The number of benzene rings is 1. The molecule has 21 heavy (non-hydrogen) atoms. The number of piperazine rings is 1. The van der Waals surface area contributed by atoms with Gasteiger partial charge in [0, 0.05) is 32.4 Å². The van der Waals surface area contributed by atoms with E-state index in [0.29, 0.717) is 6.54 Å². The molecule has 0 aromatic heterocycles. The molecule has 1 aromatic carbocycles. The number of anilines is 1. The summed E-state index contributed by atoms with van der Waals surface area (Å²) in [6.07, 6.45) is 2.23. The quantitative estimate of drug-likeness (QED) is 0.875. The molecule has 2 aliphatic heterocycles. The van der Waals surface area contributed by atoms with Crippen LogP contribution in [0.4, 0.5) is 5.69 Å². The van der Waals surface area contributed by atoms with Gasteiger partial charge in [-0.1, -0.05) is 18.2 Å². The highest BCUT2D eigenvalue weighted by molar-refractivity contribution is 5.98. The Morgan fingerprint density at radius 3 is 3.00 bits per heavy atom. The molecule has 0 spiro atoms. The molecule has 5 heteroatoms. The van der Waals surface area contributed by atoms with Gasteiger partial charge in [0.15, 0.2) is 0 Å². The van der Waals surface area contributed by atoms with E-state index in [1.54, 1.807) is 11.9 Å². The van der Waals surface area contributed by atoms with Crippen molar-refractivity contribution in [1.29, 1.82) is 0 Å². The highest BCUT2D eigenvalue weighted by atomic mass is 16.2. The highest BCUT2D eigenvalue weighted by Crippen LogP contribution is 2.27. The van der Waals surface area contributed by atoms with Gasteiger partial charge in [-0.2, -0.15) is 0 Å². The molecule has 1 atom stereocenters. The number of hydrogen-bond donors (Lipinski definition) is 1. The first kappa shape index (κ1) is 14.1. The maximum absolute atomic E-state index is 12.6. The summed E-state index contributed by atoms with van der Waals surface area (Å²) in [5.74, 6) is 0.0446. The van der Waals surface area contributed by atoms with E-state index in [2.05, 4.69) is 11.4 Å². The number of carbonyl (C=O) groups excluding carboxylic acids is 2. The van der Waals surface area contributed by atoms with Crippen LogP contribution in [0.3, 0.4) is 0 Å². The second-order valence-corrected chi connectivity index (χ2v) is 5.75. The molecule has 1 N–H and O–H groups in total. The summed E-state index contributed by atoms with van der Waals surface area (Å²) in [5, 5.41) is 3.15. The molecule has 1 saturated heterocycles. The molecule has 0 aliphatic carbocycles. The number of likely N-dealkylation sites (N-methyl/N-ethyl adjacent to an activating group) is 1. The average Bonchev–Trinajstić information content (AvgIpc) is 2.51. The van der Waals surface area contributed by atoms with Crippen LogP contribution in [-0.4, -0.2) is 49.4 Å². The van der Waals surface area contributed by atoms with Crippen molar-refractivity contribution in [1.82, 2.24) is 10.2 Å². The van der Waals surface area contributed by atoms with Crippen LogP contribution in [0.5, 0.6) is 0 Å². The minimum Gasteiger partial charge on any atom is -0.343 e. The second-order valence-electron chi connectivity index (χ2n) is 5.75. The van der Waals surface area contributed by atoms with Gasteiger partial charge >= 0.3 is 0 Å². The van der Waals surface area contributed by atoms with Gasteiger partial charge in [-0.25, -0.2) is 0 Å². The third kappa shape index (κ3) is 2.78. The largest absolute Gasteiger partial charge is 0.343 e. The molecule has 112 valence electrons. The molecule has 0 bridgehead atoms. The predicted molar refractivity (Wildman–Crippen MR) is 81.2 cm³/mol. The number of amides is 2. The van der Waals surface area contributed by atoms with Crippen molar-refractivity contribution in [2.24, 2.45) is 0 Å². The summed E-state index contributed by atoms with van der Waals surface area (Å²) in [6, 6.07) is 7.66. The van der Waals surface area contributed by atoms with Crippen LogP contribution in [0, 0.1) is 0 Å². The van der Waals surface area contributed by atoms with Gasteiger partial charge in [0.05, 0.1) is 12.5 Å². The lowest BCUT2D eigenvalue weighted by atomic mass is 10.0. The van der Waals surface area contributed by atoms with Crippen LogP contribution in [0.2, 0.25) is 0 Å². The van der Waals surface area contributed by atoms with Crippen LogP contribution < -0.4 is 10.2 Å². The first-order chi connectivity index (χ1) is 10.2. The lowest BCUT2D eigenvalue weighted by Gasteiger charge is -2.33. The van der Waals surface area contributed by atoms with Crippen molar-refractivity contribution in [2.45, 2.75) is 25.3 Å². The Bertz CT molecular complexity index is 558. The van der Waals surface area contributed by atoms with Crippen LogP contribution in [-0.2, 0) is 16.0 Å². The molecule has 5 nitrogen and oxygen atoms in total. The smallest absolute Gasteiger partial charge is 0.240 e. The van der Waals surface area contributed by atoms with Crippen molar-refractivity contribution < 1.29 is 9.59 Å². The van der Waals surface area contributed by atoms with Crippen LogP contribution >= 0.6 is 0 Å². The SMILES string of the molecule is CN1CCNC(CC(=O)N2CCCc3ccccc32)C1=O. The van der Waals surface area contributed by atoms with Crippen LogP contribution in [0.1, 0.15) is 18.4 Å². The van der Waals surface area contributed by atoms with Gasteiger partial charge < -0.3 is 15.1 Å². The number of carbonyl (C=O) groups is 2. The molecule has 1 fully saturated rings. The van der Waals surface area contributed by atoms with Crippen molar-refractivity contribution in [3.05, 3.63) is 29.8 Å². The van der Waals surface area contributed by atoms with Crippen molar-refractivity contribution in [3.8, 4) is 0 Å². The number of aryl methyl sites for hydroxylation is 1. The Kier molecular flexibility index (Phi) is 3.92. The Morgan fingerprint density at radius 2 is 2.14 bits per heavy atom. The van der Waals surface area contributed by atoms with E-state index in [1.165, 1.54) is 5.56 Å². The monoisotopic (exact) mass is 287 g/mol. The highest BCUT2D eigenvalue weighted by Gasteiger charge is 2.31. The molecule has 1 unspecified atom stereocenters. The van der Waals surface area contributed by atoms with Crippen molar-refractivity contribution in [3.63, 3.8) is 0 Å². The molecule has 1 aromatic rings. The number of nitrogens with one attached hydrogen (secondary N) is 1. The van der Waals surface area contributed by atoms with E-state index in [9.17, 15) is 9.59 Å². The molecule has 2 amide bonds. The molecule has 0 saturated carbocycles. The Hall–Kier alpha value is -1.88. The number of nitrogens with zero attached hydrogens (tertiary/aromatic N) is 2. The summed E-state index contributed by atoms with van der Waals surface area (Å²) < 4.78 is 0. The molecule has 0 radical (unpaired) electrons. The fourth-order valence-corrected chi connectivity index (χ4v) is 3.11. The van der Waals surface area contributed by atoms with Crippen LogP contribution in [0.15, 0.2) is 24.3 Å². The van der Waals surface area contributed by atoms with Gasteiger partial charge in [-0.15, -0.1) is 0 Å². The van der Waals surface area contributed by atoms with E-state index >= 15 is 0 Å². The van der Waals surface area contributed by atoms with Gasteiger partial charge in [0.25, 0.3) is 0 Å². The first-order valence-corrected chi connectivity index (χ1v) is 7.53. The van der Waals surface area contributed by atoms with E-state index in [0.717, 1.165) is 31.6 Å². The fourth-order valence-electron chi connectivity index (χ4n) is 3.11. The minimum atomic E-state index is -0.384. The standard InChI is InChI=1S/C16H21N3O2/c1-18-10-8-17-13(16(18)21)11-15(20)19-9-4-6-12-5-2-3-7-14(12)19/h2-3,5,7,13,17H,4,6,8-11H2,1H3. The van der Waals surface area contributed by atoms with Crippen molar-refractivity contribution in [2.75, 3.05) is 31.6 Å². The predicted octanol–water partition coefficient (Wildman–Crippen LogP) is 0.786. The molecule has 3 rings (SSSR count). The van der Waals surface area contributed by atoms with E-state index in [-0.39, 0.29) is 24.3 Å². The summed E-state index contributed by atoms with van der Waals surface area (Å²) in [6.45, 7) is 2.19. The van der Waals surface area contributed by atoms with Crippen LogP contribution in [0.25, 0.3) is 0 Å². The number of rotatable bonds is 2. The van der Waals surface area contributed by atoms with E-state index in [1.807, 2.05) is 23.1 Å². The molecule has 2 aliphatic rings. The third-order valence-corrected chi connectivity index (χ3v) is 4.30. The number of hydrogen-bond acceptors (Lipinski definition) is 3. The molecular formula is C16H21N3O2. The summed E-state index contributed by atoms with van der Waals surface area (Å²) in [7, 11) is 1.79. The number of fused-ring (bicyclic) bond motifs is 1. The Balaban J connectivity index is 1.73. The Morgan fingerprint density at radius 1 is 1.33 bits per heavy atom. The average molecular weight is 287 g/mol.